The van der Waals surface area contributed by atoms with Gasteiger partial charge in [-0.15, -0.1) is 0 Å². The zero-order valence-corrected chi connectivity index (χ0v) is 13.0. The van der Waals surface area contributed by atoms with Crippen LogP contribution in [0.4, 0.5) is 5.69 Å². The molecule has 3 aromatic rings. The van der Waals surface area contributed by atoms with Crippen molar-refractivity contribution >= 4 is 28.5 Å². The van der Waals surface area contributed by atoms with E-state index in [1.807, 2.05) is 26.0 Å². The van der Waals surface area contributed by atoms with Crippen molar-refractivity contribution in [3.05, 3.63) is 52.8 Å². The number of aromatic nitrogens is 3. The second-order valence-electron chi connectivity index (χ2n) is 5.74. The minimum Gasteiger partial charge on any atom is -0.268 e. The molecule has 0 fully saturated rings. The van der Waals surface area contributed by atoms with Crippen LogP contribution in [0.25, 0.3) is 11.0 Å². The summed E-state index contributed by atoms with van der Waals surface area (Å²) in [5.74, 6) is -0.663. The highest BCUT2D eigenvalue weighted by Crippen LogP contribution is 2.33. The zero-order chi connectivity index (χ0) is 16.3. The Morgan fingerprint density at radius 2 is 1.70 bits per heavy atom. The van der Waals surface area contributed by atoms with E-state index in [9.17, 15) is 9.59 Å². The number of pyridine rings is 1. The van der Waals surface area contributed by atoms with E-state index < -0.39 is 0 Å². The number of carbonyl (C=O) groups is 2. The van der Waals surface area contributed by atoms with Crippen molar-refractivity contribution in [3.8, 4) is 0 Å². The highest BCUT2D eigenvalue weighted by molar-refractivity contribution is 6.37. The first-order chi connectivity index (χ1) is 11.0. The third-order valence-corrected chi connectivity index (χ3v) is 4.17. The van der Waals surface area contributed by atoms with Crippen LogP contribution in [0.3, 0.4) is 0 Å². The molecule has 4 rings (SSSR count). The number of hydrogen-bond acceptors (Lipinski definition) is 4. The summed E-state index contributed by atoms with van der Waals surface area (Å²) in [5.41, 5.74) is 3.66. The SMILES string of the molecule is Cc1ccc(N2C(=O)c3cnc4c(c(C)nn4C)c3C2=O)cc1. The third-order valence-electron chi connectivity index (χ3n) is 4.17. The van der Waals surface area contributed by atoms with Crippen molar-refractivity contribution in [2.24, 2.45) is 7.05 Å². The fraction of sp³-hybridized carbons (Fsp3) is 0.176. The van der Waals surface area contributed by atoms with Gasteiger partial charge in [0.05, 0.1) is 27.9 Å². The molecule has 0 spiro atoms. The second kappa shape index (κ2) is 4.49. The van der Waals surface area contributed by atoms with Gasteiger partial charge in [-0.3, -0.25) is 14.3 Å². The van der Waals surface area contributed by atoms with Gasteiger partial charge >= 0.3 is 0 Å². The topological polar surface area (TPSA) is 68.1 Å². The zero-order valence-electron chi connectivity index (χ0n) is 13.0. The number of benzene rings is 1. The van der Waals surface area contributed by atoms with Crippen molar-refractivity contribution in [2.75, 3.05) is 4.90 Å². The second-order valence-corrected chi connectivity index (χ2v) is 5.74. The number of fused-ring (bicyclic) bond motifs is 3. The number of imide groups is 1. The predicted molar refractivity (Wildman–Crippen MR) is 85.6 cm³/mol. The molecule has 0 unspecified atom stereocenters. The molecule has 0 atom stereocenters. The van der Waals surface area contributed by atoms with Crippen molar-refractivity contribution in [3.63, 3.8) is 0 Å². The molecule has 23 heavy (non-hydrogen) atoms. The van der Waals surface area contributed by atoms with Gasteiger partial charge in [0.1, 0.15) is 0 Å². The monoisotopic (exact) mass is 306 g/mol. The average Bonchev–Trinajstić information content (AvgIpc) is 2.96. The molecule has 6 nitrogen and oxygen atoms in total. The molecule has 1 aromatic carbocycles. The summed E-state index contributed by atoms with van der Waals surface area (Å²) in [4.78, 5) is 31.1. The molecule has 0 bridgehead atoms. The number of aryl methyl sites for hydroxylation is 3. The Hall–Kier alpha value is -3.02. The Labute approximate surface area is 132 Å². The molecule has 114 valence electrons. The summed E-state index contributed by atoms with van der Waals surface area (Å²) in [6, 6.07) is 7.31. The minimum absolute atomic E-state index is 0.322. The largest absolute Gasteiger partial charge is 0.268 e. The van der Waals surface area contributed by atoms with E-state index in [0.717, 1.165) is 5.56 Å². The first-order valence-electron chi connectivity index (χ1n) is 7.27. The lowest BCUT2D eigenvalue weighted by atomic mass is 10.1. The Bertz CT molecular complexity index is 986. The molecule has 0 radical (unpaired) electrons. The van der Waals surface area contributed by atoms with Gasteiger partial charge in [-0.05, 0) is 26.0 Å². The molecular formula is C17H14N4O2. The van der Waals surface area contributed by atoms with Crippen LogP contribution in [-0.2, 0) is 7.05 Å². The number of carbonyl (C=O) groups excluding carboxylic acids is 2. The first kappa shape index (κ1) is 13.6. The molecule has 1 aliphatic heterocycles. The molecular weight excluding hydrogens is 292 g/mol. The Kier molecular flexibility index (Phi) is 2.66. The highest BCUT2D eigenvalue weighted by Gasteiger charge is 2.39. The molecule has 0 N–H and O–H groups in total. The van der Waals surface area contributed by atoms with E-state index in [4.69, 9.17) is 0 Å². The number of nitrogens with zero attached hydrogens (tertiary/aromatic N) is 4. The van der Waals surface area contributed by atoms with Crippen LogP contribution >= 0.6 is 0 Å². The first-order valence-corrected chi connectivity index (χ1v) is 7.27. The van der Waals surface area contributed by atoms with Gasteiger partial charge in [0.25, 0.3) is 11.8 Å². The summed E-state index contributed by atoms with van der Waals surface area (Å²) in [5, 5.41) is 4.96. The molecule has 6 heteroatoms. The molecule has 0 saturated heterocycles. The Morgan fingerprint density at radius 3 is 2.39 bits per heavy atom. The van der Waals surface area contributed by atoms with Crippen LogP contribution in [0, 0.1) is 13.8 Å². The van der Waals surface area contributed by atoms with Gasteiger partial charge < -0.3 is 0 Å². The molecule has 2 aromatic heterocycles. The van der Waals surface area contributed by atoms with Gasteiger partial charge in [0, 0.05) is 13.2 Å². The van der Waals surface area contributed by atoms with E-state index in [1.54, 1.807) is 23.9 Å². The number of rotatable bonds is 1. The quantitative estimate of drug-likeness (QED) is 0.647. The van der Waals surface area contributed by atoms with E-state index in [1.165, 1.54) is 11.1 Å². The smallest absolute Gasteiger partial charge is 0.267 e. The summed E-state index contributed by atoms with van der Waals surface area (Å²) < 4.78 is 1.62. The van der Waals surface area contributed by atoms with Gasteiger partial charge in [-0.2, -0.15) is 5.10 Å². The summed E-state index contributed by atoms with van der Waals surface area (Å²) in [7, 11) is 1.77. The number of anilines is 1. The van der Waals surface area contributed by atoms with Crippen molar-refractivity contribution in [2.45, 2.75) is 13.8 Å². The van der Waals surface area contributed by atoms with Gasteiger partial charge in [-0.1, -0.05) is 17.7 Å². The maximum Gasteiger partial charge on any atom is 0.267 e. The fourth-order valence-electron chi connectivity index (χ4n) is 3.05. The van der Waals surface area contributed by atoms with Crippen LogP contribution in [0.5, 0.6) is 0 Å². The standard InChI is InChI=1S/C17H14N4O2/c1-9-4-6-11(7-5-9)21-16(22)12-8-18-15-13(14(12)17(21)23)10(2)19-20(15)3/h4-8H,1-3H3. The summed E-state index contributed by atoms with van der Waals surface area (Å²) >= 11 is 0. The average molecular weight is 306 g/mol. The summed E-state index contributed by atoms with van der Waals surface area (Å²) in [6.45, 7) is 3.77. The van der Waals surface area contributed by atoms with Crippen molar-refractivity contribution in [1.29, 1.82) is 0 Å². The van der Waals surface area contributed by atoms with E-state index in [2.05, 4.69) is 10.1 Å². The molecule has 1 aliphatic rings. The van der Waals surface area contributed by atoms with Crippen LogP contribution in [-0.4, -0.2) is 26.6 Å². The lowest BCUT2D eigenvalue weighted by Crippen LogP contribution is -2.29. The molecule has 2 amide bonds. The third kappa shape index (κ3) is 1.75. The highest BCUT2D eigenvalue weighted by atomic mass is 16.2. The van der Waals surface area contributed by atoms with Crippen molar-refractivity contribution < 1.29 is 9.59 Å². The van der Waals surface area contributed by atoms with Crippen molar-refractivity contribution in [1.82, 2.24) is 14.8 Å². The number of amides is 2. The Balaban J connectivity index is 1.96. The summed E-state index contributed by atoms with van der Waals surface area (Å²) in [6.07, 6.45) is 1.47. The van der Waals surface area contributed by atoms with Crippen LogP contribution in [0.1, 0.15) is 32.0 Å². The molecule has 3 heterocycles. The molecule has 0 aliphatic carbocycles. The van der Waals surface area contributed by atoms with E-state index in [0.29, 0.717) is 33.5 Å². The van der Waals surface area contributed by atoms with Crippen LogP contribution in [0.15, 0.2) is 30.5 Å². The lowest BCUT2D eigenvalue weighted by molar-refractivity contribution is 0.0926. The maximum absolute atomic E-state index is 12.9. The Morgan fingerprint density at radius 1 is 1.00 bits per heavy atom. The van der Waals surface area contributed by atoms with Gasteiger partial charge in [0.2, 0.25) is 0 Å². The number of hydrogen-bond donors (Lipinski definition) is 0. The van der Waals surface area contributed by atoms with Gasteiger partial charge in [0.15, 0.2) is 5.65 Å². The molecule has 0 saturated carbocycles. The predicted octanol–water partition coefficient (Wildman–Crippen LogP) is 2.39. The maximum atomic E-state index is 12.9. The van der Waals surface area contributed by atoms with Crippen LogP contribution < -0.4 is 4.90 Å². The van der Waals surface area contributed by atoms with E-state index >= 15 is 0 Å². The lowest BCUT2D eigenvalue weighted by Gasteiger charge is -2.13. The minimum atomic E-state index is -0.341. The van der Waals surface area contributed by atoms with E-state index in [-0.39, 0.29) is 11.8 Å². The van der Waals surface area contributed by atoms with Gasteiger partial charge in [-0.25, -0.2) is 9.88 Å². The normalized spacial score (nSPS) is 14.0. The van der Waals surface area contributed by atoms with Crippen LogP contribution in [0.2, 0.25) is 0 Å². The fourth-order valence-corrected chi connectivity index (χ4v) is 3.05.